The van der Waals surface area contributed by atoms with Crippen LogP contribution in [-0.4, -0.2) is 22.6 Å². The third-order valence-corrected chi connectivity index (χ3v) is 7.23. The Morgan fingerprint density at radius 2 is 1.82 bits per heavy atom. The Labute approximate surface area is 199 Å². The van der Waals surface area contributed by atoms with Gasteiger partial charge in [-0.1, -0.05) is 62.6 Å². The second-order valence-electron chi connectivity index (χ2n) is 8.77. The van der Waals surface area contributed by atoms with Crippen LogP contribution in [0.15, 0.2) is 53.6 Å². The maximum absolute atomic E-state index is 12.7. The number of benzene rings is 2. The lowest BCUT2D eigenvalue weighted by Crippen LogP contribution is -2.15. The van der Waals surface area contributed by atoms with Gasteiger partial charge in [-0.05, 0) is 60.7 Å². The van der Waals surface area contributed by atoms with Gasteiger partial charge in [0, 0.05) is 23.2 Å². The van der Waals surface area contributed by atoms with Gasteiger partial charge < -0.3 is 10.6 Å². The molecule has 172 valence electrons. The minimum Gasteiger partial charge on any atom is -0.326 e. The van der Waals surface area contributed by atoms with Crippen molar-refractivity contribution in [2.75, 3.05) is 16.4 Å². The van der Waals surface area contributed by atoms with Crippen LogP contribution in [0.25, 0.3) is 10.9 Å². The van der Waals surface area contributed by atoms with Crippen molar-refractivity contribution in [3.8, 4) is 0 Å². The normalized spacial score (nSPS) is 13.9. The largest absolute Gasteiger partial charge is 0.326 e. The summed E-state index contributed by atoms with van der Waals surface area (Å²) in [5, 5.41) is 7.97. The van der Waals surface area contributed by atoms with E-state index < -0.39 is 0 Å². The Bertz CT molecular complexity index is 1160. The summed E-state index contributed by atoms with van der Waals surface area (Å²) in [5.74, 6) is 0.932. The van der Waals surface area contributed by atoms with Gasteiger partial charge >= 0.3 is 0 Å². The van der Waals surface area contributed by atoms with Crippen LogP contribution in [0.3, 0.4) is 0 Å². The molecule has 1 aliphatic rings. The fraction of sp³-hybridized carbons (Fsp3) is 0.370. The van der Waals surface area contributed by atoms with E-state index in [-0.39, 0.29) is 11.8 Å². The van der Waals surface area contributed by atoms with Gasteiger partial charge in [0.25, 0.3) is 0 Å². The molecule has 1 aliphatic carbocycles. The van der Waals surface area contributed by atoms with Gasteiger partial charge in [0.15, 0.2) is 0 Å². The molecular weight excluding hydrogens is 430 g/mol. The highest BCUT2D eigenvalue weighted by atomic mass is 32.2. The van der Waals surface area contributed by atoms with E-state index in [1.54, 1.807) is 0 Å². The number of carbonyl (C=O) groups excluding carboxylic acids is 2. The van der Waals surface area contributed by atoms with Gasteiger partial charge in [-0.15, -0.1) is 0 Å². The number of aromatic nitrogens is 1. The highest BCUT2D eigenvalue weighted by Crippen LogP contribution is 2.33. The smallest absolute Gasteiger partial charge is 0.234 e. The number of amides is 2. The zero-order valence-corrected chi connectivity index (χ0v) is 20.1. The number of nitrogens with one attached hydrogen (secondary N) is 2. The van der Waals surface area contributed by atoms with Crippen LogP contribution in [0.2, 0.25) is 0 Å². The lowest BCUT2D eigenvalue weighted by atomic mass is 9.98. The summed E-state index contributed by atoms with van der Waals surface area (Å²) in [6, 6.07) is 16.0. The molecule has 4 rings (SSSR count). The van der Waals surface area contributed by atoms with E-state index in [2.05, 4.69) is 22.8 Å². The first-order valence-electron chi connectivity index (χ1n) is 11.7. The van der Waals surface area contributed by atoms with Crippen molar-refractivity contribution < 1.29 is 9.59 Å². The van der Waals surface area contributed by atoms with E-state index >= 15 is 0 Å². The fourth-order valence-electron chi connectivity index (χ4n) is 4.39. The SMILES string of the molecule is CCC(=O)Nc1ccc(NC(=O)CSc2nc3ccccc3cc2CC2CCCC2)cc1C. The molecule has 5 nitrogen and oxygen atoms in total. The first-order chi connectivity index (χ1) is 16.0. The van der Waals surface area contributed by atoms with Crippen LogP contribution in [0.4, 0.5) is 11.4 Å². The van der Waals surface area contributed by atoms with Crippen LogP contribution in [0, 0.1) is 12.8 Å². The molecule has 1 fully saturated rings. The molecule has 0 bridgehead atoms. The fourth-order valence-corrected chi connectivity index (χ4v) is 5.22. The van der Waals surface area contributed by atoms with Crippen LogP contribution in [0.1, 0.15) is 50.2 Å². The van der Waals surface area contributed by atoms with Gasteiger partial charge in [-0.3, -0.25) is 9.59 Å². The summed E-state index contributed by atoms with van der Waals surface area (Å²) in [4.78, 5) is 29.2. The van der Waals surface area contributed by atoms with Crippen molar-refractivity contribution in [2.24, 2.45) is 5.92 Å². The van der Waals surface area contributed by atoms with Gasteiger partial charge in [0.1, 0.15) is 5.03 Å². The van der Waals surface area contributed by atoms with Crippen molar-refractivity contribution in [3.05, 3.63) is 59.7 Å². The maximum atomic E-state index is 12.7. The highest BCUT2D eigenvalue weighted by Gasteiger charge is 2.19. The third kappa shape index (κ3) is 6.14. The zero-order chi connectivity index (χ0) is 23.2. The van der Waals surface area contributed by atoms with E-state index in [1.165, 1.54) is 43.0 Å². The second-order valence-corrected chi connectivity index (χ2v) is 9.73. The minimum atomic E-state index is -0.0634. The molecule has 1 aromatic heterocycles. The van der Waals surface area contributed by atoms with Gasteiger partial charge in [0.2, 0.25) is 11.8 Å². The molecule has 0 aliphatic heterocycles. The first kappa shape index (κ1) is 23.3. The molecular formula is C27H31N3O2S. The summed E-state index contributed by atoms with van der Waals surface area (Å²) >= 11 is 1.51. The summed E-state index contributed by atoms with van der Waals surface area (Å²) in [5.41, 5.74) is 4.63. The molecule has 3 aromatic rings. The van der Waals surface area contributed by atoms with E-state index in [0.29, 0.717) is 12.2 Å². The number of para-hydroxylation sites is 1. The molecule has 0 spiro atoms. The summed E-state index contributed by atoms with van der Waals surface area (Å²) in [6.07, 6.45) is 6.66. The summed E-state index contributed by atoms with van der Waals surface area (Å²) in [6.45, 7) is 3.74. The van der Waals surface area contributed by atoms with Crippen LogP contribution >= 0.6 is 11.8 Å². The molecule has 2 aromatic carbocycles. The number of nitrogens with zero attached hydrogens (tertiary/aromatic N) is 1. The minimum absolute atomic E-state index is 0.0254. The topological polar surface area (TPSA) is 71.1 Å². The van der Waals surface area contributed by atoms with Crippen molar-refractivity contribution in [3.63, 3.8) is 0 Å². The average molecular weight is 462 g/mol. The Kier molecular flexibility index (Phi) is 7.65. The predicted molar refractivity (Wildman–Crippen MR) is 137 cm³/mol. The molecule has 0 unspecified atom stereocenters. The Morgan fingerprint density at radius 1 is 1.03 bits per heavy atom. The van der Waals surface area contributed by atoms with E-state index in [0.717, 1.165) is 45.2 Å². The summed E-state index contributed by atoms with van der Waals surface area (Å²) < 4.78 is 0. The molecule has 0 saturated heterocycles. The van der Waals surface area contributed by atoms with Crippen molar-refractivity contribution in [1.82, 2.24) is 4.98 Å². The number of hydrogen-bond acceptors (Lipinski definition) is 4. The van der Waals surface area contributed by atoms with Crippen molar-refractivity contribution in [1.29, 1.82) is 0 Å². The van der Waals surface area contributed by atoms with Crippen LogP contribution in [0.5, 0.6) is 0 Å². The number of aryl methyl sites for hydroxylation is 1. The van der Waals surface area contributed by atoms with Crippen LogP contribution < -0.4 is 10.6 Å². The Morgan fingerprint density at radius 3 is 2.58 bits per heavy atom. The van der Waals surface area contributed by atoms with Gasteiger partial charge in [0.05, 0.1) is 11.3 Å². The number of anilines is 2. The predicted octanol–water partition coefficient (Wildman–Crippen LogP) is 6.36. The van der Waals surface area contributed by atoms with E-state index in [9.17, 15) is 9.59 Å². The van der Waals surface area contributed by atoms with Gasteiger partial charge in [-0.25, -0.2) is 4.98 Å². The zero-order valence-electron chi connectivity index (χ0n) is 19.3. The molecule has 33 heavy (non-hydrogen) atoms. The number of fused-ring (bicyclic) bond motifs is 1. The number of pyridine rings is 1. The molecule has 0 radical (unpaired) electrons. The van der Waals surface area contributed by atoms with E-state index in [4.69, 9.17) is 4.98 Å². The van der Waals surface area contributed by atoms with Crippen LogP contribution in [-0.2, 0) is 16.0 Å². The average Bonchev–Trinajstić information content (AvgIpc) is 3.32. The van der Waals surface area contributed by atoms with Crippen molar-refractivity contribution in [2.45, 2.75) is 57.4 Å². The van der Waals surface area contributed by atoms with Crippen molar-refractivity contribution >= 4 is 45.9 Å². The Balaban J connectivity index is 1.43. The molecule has 0 atom stereocenters. The summed E-state index contributed by atoms with van der Waals surface area (Å²) in [7, 11) is 0. The molecule has 2 amide bonds. The molecule has 2 N–H and O–H groups in total. The maximum Gasteiger partial charge on any atom is 0.234 e. The number of thioether (sulfide) groups is 1. The van der Waals surface area contributed by atoms with E-state index in [1.807, 2.05) is 50.2 Å². The third-order valence-electron chi connectivity index (χ3n) is 6.19. The lowest BCUT2D eigenvalue weighted by Gasteiger charge is -2.14. The van der Waals surface area contributed by atoms with Gasteiger partial charge in [-0.2, -0.15) is 0 Å². The Hall–Kier alpha value is -2.86. The molecule has 6 heteroatoms. The number of rotatable bonds is 8. The lowest BCUT2D eigenvalue weighted by molar-refractivity contribution is -0.116. The molecule has 1 heterocycles. The monoisotopic (exact) mass is 461 g/mol. The second kappa shape index (κ2) is 10.8. The molecule has 1 saturated carbocycles. The number of hydrogen-bond donors (Lipinski definition) is 2. The quantitative estimate of drug-likeness (QED) is 0.383. The highest BCUT2D eigenvalue weighted by molar-refractivity contribution is 8.00. The number of carbonyl (C=O) groups is 2. The standard InChI is InChI=1S/C27H31N3O2S/c1-3-25(31)29-23-13-12-22(14-18(23)2)28-26(32)17-33-27-21(15-19-8-4-5-9-19)16-20-10-6-7-11-24(20)30-27/h6-7,10-14,16,19H,3-5,8-9,15,17H2,1-2H3,(H,28,32)(H,29,31). The first-order valence-corrected chi connectivity index (χ1v) is 12.7.